The molecule has 3 N–H and O–H groups in total. The van der Waals surface area contributed by atoms with Gasteiger partial charge in [-0.15, -0.1) is 0 Å². The van der Waals surface area contributed by atoms with Crippen LogP contribution in [0.4, 0.5) is 0 Å². The standard InChI is InChI=1S/C13H15ClN2O3/c14-9-1-2-10-8(5-9)6-11(19-10)13(16-15)12-7-17-3-4-18-12/h1-2,5-6,12-13,16H,3-4,7,15H2. The van der Waals surface area contributed by atoms with Crippen molar-refractivity contribution >= 4 is 22.6 Å². The van der Waals surface area contributed by atoms with Gasteiger partial charge in [0.25, 0.3) is 0 Å². The van der Waals surface area contributed by atoms with Crippen molar-refractivity contribution in [1.29, 1.82) is 0 Å². The summed E-state index contributed by atoms with van der Waals surface area (Å²) in [5, 5.41) is 1.62. The van der Waals surface area contributed by atoms with Crippen molar-refractivity contribution in [1.82, 2.24) is 5.43 Å². The molecule has 2 heterocycles. The van der Waals surface area contributed by atoms with Gasteiger partial charge in [0, 0.05) is 10.4 Å². The highest BCUT2D eigenvalue weighted by Crippen LogP contribution is 2.29. The number of rotatable bonds is 3. The summed E-state index contributed by atoms with van der Waals surface area (Å²) in [7, 11) is 0. The molecule has 0 bridgehead atoms. The first kappa shape index (κ1) is 12.9. The Balaban J connectivity index is 1.91. The highest BCUT2D eigenvalue weighted by molar-refractivity contribution is 6.31. The number of hydrogen-bond donors (Lipinski definition) is 2. The minimum Gasteiger partial charge on any atom is -0.459 e. The normalized spacial score (nSPS) is 21.7. The zero-order valence-corrected chi connectivity index (χ0v) is 11.0. The zero-order chi connectivity index (χ0) is 13.2. The molecule has 19 heavy (non-hydrogen) atoms. The van der Waals surface area contributed by atoms with Crippen LogP contribution in [0.1, 0.15) is 11.8 Å². The number of nitrogens with one attached hydrogen (secondary N) is 1. The lowest BCUT2D eigenvalue weighted by atomic mass is 10.1. The van der Waals surface area contributed by atoms with E-state index >= 15 is 0 Å². The fraction of sp³-hybridized carbons (Fsp3) is 0.385. The van der Waals surface area contributed by atoms with Crippen LogP contribution in [0.25, 0.3) is 11.0 Å². The molecule has 1 aromatic heterocycles. The maximum absolute atomic E-state index is 5.96. The molecule has 0 aliphatic carbocycles. The maximum atomic E-state index is 5.96. The smallest absolute Gasteiger partial charge is 0.134 e. The van der Waals surface area contributed by atoms with Crippen LogP contribution < -0.4 is 11.3 Å². The van der Waals surface area contributed by atoms with Gasteiger partial charge in [-0.1, -0.05) is 11.6 Å². The molecule has 0 radical (unpaired) electrons. The third-order valence-electron chi connectivity index (χ3n) is 3.20. The van der Waals surface area contributed by atoms with Crippen LogP contribution in [0.5, 0.6) is 0 Å². The van der Waals surface area contributed by atoms with E-state index in [-0.39, 0.29) is 12.1 Å². The number of benzene rings is 1. The summed E-state index contributed by atoms with van der Waals surface area (Å²) < 4.78 is 16.8. The molecule has 0 saturated carbocycles. The Morgan fingerprint density at radius 1 is 1.32 bits per heavy atom. The monoisotopic (exact) mass is 282 g/mol. The van der Waals surface area contributed by atoms with Gasteiger partial charge in [0.15, 0.2) is 0 Å². The Kier molecular flexibility index (Phi) is 3.72. The lowest BCUT2D eigenvalue weighted by Crippen LogP contribution is -2.43. The minimum atomic E-state index is -0.244. The molecule has 0 spiro atoms. The third-order valence-corrected chi connectivity index (χ3v) is 3.43. The summed E-state index contributed by atoms with van der Waals surface area (Å²) in [5.41, 5.74) is 3.51. The lowest BCUT2D eigenvalue weighted by Gasteiger charge is -2.28. The molecule has 1 saturated heterocycles. The number of hydrazine groups is 1. The molecule has 6 heteroatoms. The Bertz CT molecular complexity index is 566. The molecule has 2 aromatic rings. The van der Waals surface area contributed by atoms with E-state index in [9.17, 15) is 0 Å². The summed E-state index contributed by atoms with van der Waals surface area (Å²) in [6.45, 7) is 1.67. The van der Waals surface area contributed by atoms with E-state index in [2.05, 4.69) is 5.43 Å². The summed E-state index contributed by atoms with van der Waals surface area (Å²) in [4.78, 5) is 0. The quantitative estimate of drug-likeness (QED) is 0.666. The molecule has 2 atom stereocenters. The van der Waals surface area contributed by atoms with Crippen LogP contribution in [0.15, 0.2) is 28.7 Å². The van der Waals surface area contributed by atoms with Crippen LogP contribution in [-0.4, -0.2) is 25.9 Å². The number of hydrogen-bond acceptors (Lipinski definition) is 5. The SMILES string of the molecule is NNC(c1cc2cc(Cl)ccc2o1)C1COCCO1. The van der Waals surface area contributed by atoms with Crippen molar-refractivity contribution in [2.45, 2.75) is 12.1 Å². The number of ether oxygens (including phenoxy) is 2. The van der Waals surface area contributed by atoms with Crippen LogP contribution >= 0.6 is 11.6 Å². The summed E-state index contributed by atoms with van der Waals surface area (Å²) in [6, 6.07) is 7.17. The number of nitrogens with two attached hydrogens (primary N) is 1. The molecule has 5 nitrogen and oxygen atoms in total. The molecule has 1 aromatic carbocycles. The predicted octanol–water partition coefficient (Wildman–Crippen LogP) is 2.01. The van der Waals surface area contributed by atoms with Crippen molar-refractivity contribution < 1.29 is 13.9 Å². The Morgan fingerprint density at radius 2 is 2.21 bits per heavy atom. The van der Waals surface area contributed by atoms with Crippen molar-refractivity contribution in [3.05, 3.63) is 35.0 Å². The molecule has 102 valence electrons. The van der Waals surface area contributed by atoms with Gasteiger partial charge in [0.05, 0.1) is 19.8 Å². The average Bonchev–Trinajstić information content (AvgIpc) is 2.83. The number of furan rings is 1. The van der Waals surface area contributed by atoms with Crippen LogP contribution in [0.2, 0.25) is 5.02 Å². The molecule has 0 amide bonds. The first-order valence-corrected chi connectivity index (χ1v) is 6.50. The van der Waals surface area contributed by atoms with Crippen molar-refractivity contribution in [3.63, 3.8) is 0 Å². The molecular formula is C13H15ClN2O3. The molecule has 1 aliphatic heterocycles. The summed E-state index contributed by atoms with van der Waals surface area (Å²) in [5.74, 6) is 6.33. The molecular weight excluding hydrogens is 268 g/mol. The van der Waals surface area contributed by atoms with Crippen molar-refractivity contribution in [3.8, 4) is 0 Å². The first-order chi connectivity index (χ1) is 9.28. The van der Waals surface area contributed by atoms with E-state index in [4.69, 9.17) is 31.3 Å². The van der Waals surface area contributed by atoms with E-state index in [0.717, 1.165) is 16.7 Å². The number of fused-ring (bicyclic) bond motifs is 1. The zero-order valence-electron chi connectivity index (χ0n) is 10.3. The summed E-state index contributed by atoms with van der Waals surface area (Å²) >= 11 is 5.96. The van der Waals surface area contributed by atoms with Gasteiger partial charge in [-0.3, -0.25) is 5.84 Å². The summed E-state index contributed by atoms with van der Waals surface area (Å²) in [6.07, 6.45) is -0.158. The van der Waals surface area contributed by atoms with Gasteiger partial charge in [-0.2, -0.15) is 0 Å². The Hall–Kier alpha value is -1.11. The fourth-order valence-electron chi connectivity index (χ4n) is 2.26. The Labute approximate surface area is 115 Å². The van der Waals surface area contributed by atoms with Gasteiger partial charge in [0.2, 0.25) is 0 Å². The van der Waals surface area contributed by atoms with E-state index < -0.39 is 0 Å². The second-order valence-electron chi connectivity index (χ2n) is 4.46. The van der Waals surface area contributed by atoms with Gasteiger partial charge < -0.3 is 13.9 Å². The fourth-order valence-corrected chi connectivity index (χ4v) is 2.44. The van der Waals surface area contributed by atoms with Crippen LogP contribution in [0.3, 0.4) is 0 Å². The van der Waals surface area contributed by atoms with Crippen LogP contribution in [-0.2, 0) is 9.47 Å². The average molecular weight is 283 g/mol. The maximum Gasteiger partial charge on any atom is 0.134 e. The van der Waals surface area contributed by atoms with Crippen molar-refractivity contribution in [2.24, 2.45) is 5.84 Å². The molecule has 1 aliphatic rings. The van der Waals surface area contributed by atoms with Gasteiger partial charge >= 0.3 is 0 Å². The van der Waals surface area contributed by atoms with E-state index in [1.165, 1.54) is 0 Å². The van der Waals surface area contributed by atoms with E-state index in [1.807, 2.05) is 18.2 Å². The first-order valence-electron chi connectivity index (χ1n) is 6.12. The van der Waals surface area contributed by atoms with Gasteiger partial charge in [0.1, 0.15) is 23.5 Å². The van der Waals surface area contributed by atoms with Crippen molar-refractivity contribution in [2.75, 3.05) is 19.8 Å². The third kappa shape index (κ3) is 2.61. The predicted molar refractivity (Wildman–Crippen MR) is 71.8 cm³/mol. The second-order valence-corrected chi connectivity index (χ2v) is 4.90. The molecule has 3 rings (SSSR count). The minimum absolute atomic E-state index is 0.158. The number of halogens is 1. The van der Waals surface area contributed by atoms with Gasteiger partial charge in [-0.05, 0) is 24.3 Å². The lowest BCUT2D eigenvalue weighted by molar-refractivity contribution is -0.104. The highest BCUT2D eigenvalue weighted by atomic mass is 35.5. The topological polar surface area (TPSA) is 69.7 Å². The second kappa shape index (κ2) is 5.48. The highest BCUT2D eigenvalue weighted by Gasteiger charge is 2.28. The largest absolute Gasteiger partial charge is 0.459 e. The van der Waals surface area contributed by atoms with E-state index in [0.29, 0.717) is 24.8 Å². The van der Waals surface area contributed by atoms with E-state index in [1.54, 1.807) is 6.07 Å². The Morgan fingerprint density at radius 3 is 2.95 bits per heavy atom. The molecule has 2 unspecified atom stereocenters. The van der Waals surface area contributed by atoms with Crippen LogP contribution in [0, 0.1) is 0 Å². The molecule has 1 fully saturated rings. The van der Waals surface area contributed by atoms with Gasteiger partial charge in [-0.25, -0.2) is 5.43 Å².